The normalized spacial score (nSPS) is 16.2. The summed E-state index contributed by atoms with van der Waals surface area (Å²) in [7, 11) is 0. The molecule has 5 nitrogen and oxygen atoms in total. The van der Waals surface area contributed by atoms with E-state index in [-0.39, 0.29) is 5.91 Å². The Morgan fingerprint density at radius 3 is 2.45 bits per heavy atom. The zero-order valence-corrected chi connectivity index (χ0v) is 15.9. The fraction of sp³-hybridized carbons (Fsp3) is 0.333. The Morgan fingerprint density at radius 2 is 1.79 bits per heavy atom. The van der Waals surface area contributed by atoms with Gasteiger partial charge in [-0.25, -0.2) is 0 Å². The Labute approximate surface area is 167 Å². The van der Waals surface area contributed by atoms with Crippen LogP contribution in [-0.2, 0) is 11.0 Å². The van der Waals surface area contributed by atoms with Crippen molar-refractivity contribution in [3.8, 4) is 6.07 Å². The Hall–Kier alpha value is -3.05. The summed E-state index contributed by atoms with van der Waals surface area (Å²) >= 11 is 0. The highest BCUT2D eigenvalue weighted by atomic mass is 19.4. The summed E-state index contributed by atoms with van der Waals surface area (Å²) in [5.74, 6) is -0.222. The number of hydrogen-bond acceptors (Lipinski definition) is 4. The van der Waals surface area contributed by atoms with Crippen LogP contribution in [0.3, 0.4) is 0 Å². The van der Waals surface area contributed by atoms with Gasteiger partial charge in [-0.1, -0.05) is 18.2 Å². The molecule has 1 fully saturated rings. The SMILES string of the molecule is CC(C(=O)Nc1ccccc1C#N)N1CCN(c2cccc(C(F)(F)F)c2)CC1. The van der Waals surface area contributed by atoms with Crippen molar-refractivity contribution < 1.29 is 18.0 Å². The number of piperazine rings is 1. The van der Waals surface area contributed by atoms with Crippen molar-refractivity contribution >= 4 is 17.3 Å². The van der Waals surface area contributed by atoms with Crippen LogP contribution >= 0.6 is 0 Å². The number of benzene rings is 2. The van der Waals surface area contributed by atoms with E-state index in [2.05, 4.69) is 5.32 Å². The summed E-state index contributed by atoms with van der Waals surface area (Å²) in [4.78, 5) is 16.5. The molecule has 8 heteroatoms. The maximum atomic E-state index is 12.9. The van der Waals surface area contributed by atoms with Crippen molar-refractivity contribution in [2.24, 2.45) is 0 Å². The predicted octanol–water partition coefficient (Wildman–Crippen LogP) is 3.73. The molecule has 0 saturated carbocycles. The first kappa shape index (κ1) is 20.7. The van der Waals surface area contributed by atoms with Crippen LogP contribution in [0.2, 0.25) is 0 Å². The first-order valence-electron chi connectivity index (χ1n) is 9.26. The Kier molecular flexibility index (Phi) is 6.09. The Morgan fingerprint density at radius 1 is 1.10 bits per heavy atom. The third kappa shape index (κ3) is 4.87. The number of anilines is 2. The largest absolute Gasteiger partial charge is 0.416 e. The molecular weight excluding hydrogens is 381 g/mol. The molecule has 0 aromatic heterocycles. The van der Waals surface area contributed by atoms with Crippen LogP contribution in [-0.4, -0.2) is 43.0 Å². The van der Waals surface area contributed by atoms with Crippen LogP contribution in [0.4, 0.5) is 24.5 Å². The van der Waals surface area contributed by atoms with Gasteiger partial charge in [0.05, 0.1) is 22.9 Å². The average molecular weight is 402 g/mol. The molecule has 3 rings (SSSR count). The van der Waals surface area contributed by atoms with E-state index in [1.165, 1.54) is 6.07 Å². The average Bonchev–Trinajstić information content (AvgIpc) is 2.73. The van der Waals surface area contributed by atoms with Crippen LogP contribution < -0.4 is 10.2 Å². The van der Waals surface area contributed by atoms with Crippen molar-refractivity contribution in [2.45, 2.75) is 19.1 Å². The maximum absolute atomic E-state index is 12.9. The second kappa shape index (κ2) is 8.53. The fourth-order valence-electron chi connectivity index (χ4n) is 3.34. The van der Waals surface area contributed by atoms with Crippen LogP contribution in [0.1, 0.15) is 18.1 Å². The molecular formula is C21H21F3N4O. The van der Waals surface area contributed by atoms with Gasteiger partial charge < -0.3 is 10.2 Å². The number of carbonyl (C=O) groups excluding carboxylic acids is 1. The lowest BCUT2D eigenvalue weighted by Crippen LogP contribution is -2.52. The van der Waals surface area contributed by atoms with Gasteiger partial charge in [0.15, 0.2) is 0 Å². The van der Waals surface area contributed by atoms with E-state index >= 15 is 0 Å². The molecule has 1 aliphatic rings. The first-order chi connectivity index (χ1) is 13.8. The molecule has 29 heavy (non-hydrogen) atoms. The van der Waals surface area contributed by atoms with Crippen LogP contribution in [0.5, 0.6) is 0 Å². The van der Waals surface area contributed by atoms with E-state index in [9.17, 15) is 18.0 Å². The number of para-hydroxylation sites is 1. The lowest BCUT2D eigenvalue weighted by atomic mass is 10.1. The standard InChI is InChI=1S/C21H21F3N4O/c1-15(20(29)26-19-8-3-2-5-16(19)14-25)27-9-11-28(12-10-27)18-7-4-6-17(13-18)21(22,23)24/h2-8,13,15H,9-12H2,1H3,(H,26,29). The summed E-state index contributed by atoms with van der Waals surface area (Å²) in [6.07, 6.45) is -4.37. The number of nitrogens with zero attached hydrogens (tertiary/aromatic N) is 3. The maximum Gasteiger partial charge on any atom is 0.416 e. The molecule has 152 valence electrons. The number of nitriles is 1. The second-order valence-electron chi connectivity index (χ2n) is 6.89. The monoisotopic (exact) mass is 402 g/mol. The first-order valence-corrected chi connectivity index (χ1v) is 9.26. The molecule has 0 radical (unpaired) electrons. The molecule has 1 saturated heterocycles. The van der Waals surface area contributed by atoms with Gasteiger partial charge in [-0.3, -0.25) is 9.69 Å². The molecule has 1 unspecified atom stereocenters. The molecule has 1 amide bonds. The molecule has 1 heterocycles. The minimum atomic E-state index is -4.37. The molecule has 0 spiro atoms. The summed E-state index contributed by atoms with van der Waals surface area (Å²) < 4.78 is 38.8. The lowest BCUT2D eigenvalue weighted by molar-refractivity contribution is -0.137. The number of nitrogens with one attached hydrogen (secondary N) is 1. The molecule has 1 N–H and O–H groups in total. The number of amides is 1. The minimum Gasteiger partial charge on any atom is -0.369 e. The van der Waals surface area contributed by atoms with Gasteiger partial charge in [-0.2, -0.15) is 18.4 Å². The Bertz CT molecular complexity index is 915. The number of halogens is 3. The van der Waals surface area contributed by atoms with Crippen molar-refractivity contribution in [3.63, 3.8) is 0 Å². The van der Waals surface area contributed by atoms with E-state index in [0.717, 1.165) is 12.1 Å². The minimum absolute atomic E-state index is 0.222. The highest BCUT2D eigenvalue weighted by Gasteiger charge is 2.31. The smallest absolute Gasteiger partial charge is 0.369 e. The van der Waals surface area contributed by atoms with E-state index in [1.54, 1.807) is 37.3 Å². The summed E-state index contributed by atoms with van der Waals surface area (Å²) in [6, 6.07) is 13.7. The third-order valence-electron chi connectivity index (χ3n) is 5.09. The predicted molar refractivity (Wildman–Crippen MR) is 104 cm³/mol. The third-order valence-corrected chi connectivity index (χ3v) is 5.09. The van der Waals surface area contributed by atoms with Gasteiger partial charge in [0, 0.05) is 31.9 Å². The van der Waals surface area contributed by atoms with Gasteiger partial charge in [-0.15, -0.1) is 0 Å². The Balaban J connectivity index is 1.60. The quantitative estimate of drug-likeness (QED) is 0.847. The molecule has 0 aliphatic carbocycles. The number of rotatable bonds is 4. The van der Waals surface area contributed by atoms with Crippen molar-refractivity contribution in [2.75, 3.05) is 36.4 Å². The van der Waals surface area contributed by atoms with Gasteiger partial charge >= 0.3 is 6.18 Å². The van der Waals surface area contributed by atoms with E-state index in [4.69, 9.17) is 5.26 Å². The fourth-order valence-corrected chi connectivity index (χ4v) is 3.34. The molecule has 2 aromatic rings. The summed E-state index contributed by atoms with van der Waals surface area (Å²) in [5, 5.41) is 11.9. The number of hydrogen-bond donors (Lipinski definition) is 1. The topological polar surface area (TPSA) is 59.4 Å². The van der Waals surface area contributed by atoms with Gasteiger partial charge in [0.2, 0.25) is 5.91 Å². The van der Waals surface area contributed by atoms with E-state index in [0.29, 0.717) is 43.1 Å². The van der Waals surface area contributed by atoms with E-state index in [1.807, 2.05) is 15.9 Å². The summed E-state index contributed by atoms with van der Waals surface area (Å²) in [5.41, 5.74) is 0.720. The second-order valence-corrected chi connectivity index (χ2v) is 6.89. The van der Waals surface area contributed by atoms with Crippen molar-refractivity contribution in [3.05, 3.63) is 59.7 Å². The summed E-state index contributed by atoms with van der Waals surface area (Å²) in [6.45, 7) is 3.92. The van der Waals surface area contributed by atoms with Gasteiger partial charge in [0.25, 0.3) is 0 Å². The highest BCUT2D eigenvalue weighted by Crippen LogP contribution is 2.32. The van der Waals surface area contributed by atoms with Crippen molar-refractivity contribution in [1.82, 2.24) is 4.90 Å². The molecule has 1 aliphatic heterocycles. The van der Waals surface area contributed by atoms with Crippen LogP contribution in [0.25, 0.3) is 0 Å². The lowest BCUT2D eigenvalue weighted by Gasteiger charge is -2.38. The highest BCUT2D eigenvalue weighted by molar-refractivity contribution is 5.95. The molecule has 2 aromatic carbocycles. The zero-order chi connectivity index (χ0) is 21.0. The molecule has 0 bridgehead atoms. The number of carbonyl (C=O) groups is 1. The zero-order valence-electron chi connectivity index (χ0n) is 15.9. The van der Waals surface area contributed by atoms with Crippen LogP contribution in [0, 0.1) is 11.3 Å². The van der Waals surface area contributed by atoms with Crippen molar-refractivity contribution in [1.29, 1.82) is 5.26 Å². The number of alkyl halides is 3. The van der Waals surface area contributed by atoms with Gasteiger partial charge in [-0.05, 0) is 37.3 Å². The van der Waals surface area contributed by atoms with Crippen LogP contribution in [0.15, 0.2) is 48.5 Å². The van der Waals surface area contributed by atoms with Gasteiger partial charge in [0.1, 0.15) is 6.07 Å². The molecule has 1 atom stereocenters. The van der Waals surface area contributed by atoms with E-state index < -0.39 is 17.8 Å².